The predicted octanol–water partition coefficient (Wildman–Crippen LogP) is 2.08. The number of hydrogen-bond acceptors (Lipinski definition) is 5. The summed E-state index contributed by atoms with van der Waals surface area (Å²) in [5, 5.41) is 15.6. The van der Waals surface area contributed by atoms with Crippen molar-refractivity contribution in [2.75, 3.05) is 0 Å². The van der Waals surface area contributed by atoms with Gasteiger partial charge >= 0.3 is 11.7 Å². The molecule has 0 radical (unpaired) electrons. The van der Waals surface area contributed by atoms with Crippen molar-refractivity contribution in [3.63, 3.8) is 0 Å². The number of carbonyl (C=O) groups excluding carboxylic acids is 2. The molecule has 1 unspecified atom stereocenters. The molecule has 4 atom stereocenters. The monoisotopic (exact) mass is 533 g/mol. The van der Waals surface area contributed by atoms with Crippen LogP contribution in [0.3, 0.4) is 0 Å². The third-order valence-electron chi connectivity index (χ3n) is 7.07. The van der Waals surface area contributed by atoms with Gasteiger partial charge < -0.3 is 25.7 Å². The van der Waals surface area contributed by atoms with E-state index in [0.717, 1.165) is 15.5 Å². The first-order valence-electron chi connectivity index (χ1n) is 12.7. The van der Waals surface area contributed by atoms with Crippen molar-refractivity contribution in [1.82, 2.24) is 25.2 Å². The highest BCUT2D eigenvalue weighted by Gasteiger charge is 2.31. The highest BCUT2D eigenvalue weighted by atomic mass is 16.4. The number of carboxylic acid groups (broad SMARTS) is 1. The second-order valence-corrected chi connectivity index (χ2v) is 9.67. The number of aromatic amines is 2. The van der Waals surface area contributed by atoms with Crippen molar-refractivity contribution in [2.24, 2.45) is 5.92 Å². The van der Waals surface area contributed by atoms with Crippen LogP contribution in [0.25, 0.3) is 21.8 Å². The fourth-order valence-corrected chi connectivity index (χ4v) is 4.61. The summed E-state index contributed by atoms with van der Waals surface area (Å²) in [6, 6.07) is 10.4. The molecule has 0 aliphatic rings. The molecule has 0 bridgehead atoms. The van der Waals surface area contributed by atoms with E-state index in [1.165, 1.54) is 6.92 Å². The molecule has 0 saturated carbocycles. The van der Waals surface area contributed by atoms with Crippen molar-refractivity contribution in [3.05, 3.63) is 81.1 Å². The SMILES string of the molecule is CCC(C)[C@H](NC(=O)[C@H](C)NC(=O)[C@H](Cc1c[nH]c2ccccc12)n1c(=O)[nH]c2ccccc2c1=O)C(=O)O. The van der Waals surface area contributed by atoms with E-state index in [1.54, 1.807) is 37.4 Å². The van der Waals surface area contributed by atoms with E-state index in [4.69, 9.17) is 0 Å². The standard InChI is InChI=1S/C28H31N5O6/c1-4-15(2)23(27(37)38)32-24(34)16(3)30-25(35)22(13-17-14-29-20-11-7-5-9-18(17)20)33-26(36)19-10-6-8-12-21(19)31-28(33)39/h5-12,14-16,22-23,29H,4,13H2,1-3H3,(H,30,35)(H,31,39)(H,32,34)(H,37,38)/t15?,16-,22-,23-/m0/s1. The summed E-state index contributed by atoms with van der Waals surface area (Å²) in [6.45, 7) is 4.93. The average Bonchev–Trinajstić information content (AvgIpc) is 3.33. The number of aliphatic carboxylic acids is 1. The van der Waals surface area contributed by atoms with Crippen molar-refractivity contribution in [1.29, 1.82) is 0 Å². The molecule has 5 N–H and O–H groups in total. The number of fused-ring (bicyclic) bond motifs is 2. The maximum atomic E-state index is 13.6. The molecular formula is C28H31N5O6. The Morgan fingerprint density at radius 1 is 0.923 bits per heavy atom. The third kappa shape index (κ3) is 5.62. The molecule has 2 aromatic carbocycles. The molecule has 0 aliphatic carbocycles. The van der Waals surface area contributed by atoms with Crippen LogP contribution in [-0.2, 0) is 20.8 Å². The number of rotatable bonds is 10. The normalized spacial score (nSPS) is 14.4. The Morgan fingerprint density at radius 2 is 1.56 bits per heavy atom. The Labute approximate surface area is 223 Å². The highest BCUT2D eigenvalue weighted by molar-refractivity contribution is 5.92. The van der Waals surface area contributed by atoms with E-state index < -0.39 is 47.2 Å². The lowest BCUT2D eigenvalue weighted by atomic mass is 9.99. The molecule has 204 valence electrons. The first-order valence-corrected chi connectivity index (χ1v) is 12.7. The zero-order chi connectivity index (χ0) is 28.3. The van der Waals surface area contributed by atoms with Gasteiger partial charge in [0.15, 0.2) is 0 Å². The number of hydrogen-bond donors (Lipinski definition) is 5. The number of carboxylic acids is 1. The van der Waals surface area contributed by atoms with Gasteiger partial charge in [0, 0.05) is 23.5 Å². The predicted molar refractivity (Wildman–Crippen MR) is 146 cm³/mol. The summed E-state index contributed by atoms with van der Waals surface area (Å²) < 4.78 is 0.864. The lowest BCUT2D eigenvalue weighted by Gasteiger charge is -2.24. The average molecular weight is 534 g/mol. The van der Waals surface area contributed by atoms with Crippen molar-refractivity contribution in [2.45, 2.75) is 51.7 Å². The molecule has 4 aromatic rings. The summed E-state index contributed by atoms with van der Waals surface area (Å²) in [4.78, 5) is 70.5. The maximum absolute atomic E-state index is 13.6. The van der Waals surface area contributed by atoms with E-state index in [2.05, 4.69) is 20.6 Å². The van der Waals surface area contributed by atoms with Crippen LogP contribution in [0.4, 0.5) is 0 Å². The molecule has 0 spiro atoms. The lowest BCUT2D eigenvalue weighted by Crippen LogP contribution is -2.54. The second-order valence-electron chi connectivity index (χ2n) is 9.67. The molecule has 0 aliphatic heterocycles. The summed E-state index contributed by atoms with van der Waals surface area (Å²) in [7, 11) is 0. The Morgan fingerprint density at radius 3 is 2.23 bits per heavy atom. The number of benzene rings is 2. The minimum absolute atomic E-state index is 0.0177. The van der Waals surface area contributed by atoms with Gasteiger partial charge in [-0.25, -0.2) is 14.2 Å². The van der Waals surface area contributed by atoms with Crippen LogP contribution in [0.5, 0.6) is 0 Å². The van der Waals surface area contributed by atoms with Crippen LogP contribution < -0.4 is 21.9 Å². The topological polar surface area (TPSA) is 166 Å². The van der Waals surface area contributed by atoms with Gasteiger partial charge in [-0.1, -0.05) is 50.6 Å². The third-order valence-corrected chi connectivity index (χ3v) is 7.07. The Hall–Kier alpha value is -4.67. The number of carbonyl (C=O) groups is 3. The van der Waals surface area contributed by atoms with Crippen LogP contribution in [-0.4, -0.2) is 49.5 Å². The minimum atomic E-state index is -1.30. The van der Waals surface area contributed by atoms with E-state index in [-0.39, 0.29) is 17.7 Å². The van der Waals surface area contributed by atoms with E-state index >= 15 is 0 Å². The zero-order valence-electron chi connectivity index (χ0n) is 21.9. The maximum Gasteiger partial charge on any atom is 0.329 e. The van der Waals surface area contributed by atoms with Gasteiger partial charge in [-0.2, -0.15) is 0 Å². The number of para-hydroxylation sites is 2. The minimum Gasteiger partial charge on any atom is -0.480 e. The fraction of sp³-hybridized carbons (Fsp3) is 0.321. The Balaban J connectivity index is 1.70. The van der Waals surface area contributed by atoms with E-state index in [9.17, 15) is 29.1 Å². The van der Waals surface area contributed by atoms with Gasteiger partial charge in [0.05, 0.1) is 10.9 Å². The van der Waals surface area contributed by atoms with E-state index in [1.807, 2.05) is 31.2 Å². The molecule has 2 amide bonds. The van der Waals surface area contributed by atoms with Crippen molar-refractivity contribution in [3.8, 4) is 0 Å². The van der Waals surface area contributed by atoms with Crippen LogP contribution in [0.2, 0.25) is 0 Å². The lowest BCUT2D eigenvalue weighted by molar-refractivity contribution is -0.143. The molecule has 0 fully saturated rings. The van der Waals surface area contributed by atoms with Crippen LogP contribution in [0.1, 0.15) is 38.8 Å². The molecular weight excluding hydrogens is 502 g/mol. The van der Waals surface area contributed by atoms with Gasteiger partial charge in [0.2, 0.25) is 11.8 Å². The number of amides is 2. The zero-order valence-corrected chi connectivity index (χ0v) is 21.9. The van der Waals surface area contributed by atoms with Gasteiger partial charge in [-0.15, -0.1) is 0 Å². The summed E-state index contributed by atoms with van der Waals surface area (Å²) >= 11 is 0. The second kappa shape index (κ2) is 11.4. The fourth-order valence-electron chi connectivity index (χ4n) is 4.61. The number of nitrogens with one attached hydrogen (secondary N) is 4. The van der Waals surface area contributed by atoms with E-state index in [0.29, 0.717) is 17.5 Å². The van der Waals surface area contributed by atoms with Crippen LogP contribution in [0.15, 0.2) is 64.3 Å². The molecule has 4 rings (SSSR count). The molecule has 0 saturated heterocycles. The van der Waals surface area contributed by atoms with Gasteiger partial charge in [-0.05, 0) is 36.6 Å². The van der Waals surface area contributed by atoms with Gasteiger partial charge in [0.1, 0.15) is 18.1 Å². The summed E-state index contributed by atoms with van der Waals surface area (Å²) in [5.41, 5.74) is 0.453. The number of H-pyrrole nitrogens is 2. The highest BCUT2D eigenvalue weighted by Crippen LogP contribution is 2.22. The largest absolute Gasteiger partial charge is 0.480 e. The smallest absolute Gasteiger partial charge is 0.329 e. The Bertz CT molecular complexity index is 1650. The Kier molecular flexibility index (Phi) is 7.99. The molecule has 2 aromatic heterocycles. The first kappa shape index (κ1) is 27.4. The summed E-state index contributed by atoms with van der Waals surface area (Å²) in [6.07, 6.45) is 2.22. The molecule has 2 heterocycles. The molecule has 39 heavy (non-hydrogen) atoms. The molecule has 11 heteroatoms. The van der Waals surface area contributed by atoms with Crippen molar-refractivity contribution >= 4 is 39.6 Å². The van der Waals surface area contributed by atoms with Gasteiger partial charge in [-0.3, -0.25) is 14.4 Å². The summed E-state index contributed by atoms with van der Waals surface area (Å²) in [5.74, 6) is -2.94. The quantitative estimate of drug-likeness (QED) is 0.209. The van der Waals surface area contributed by atoms with Crippen LogP contribution in [0, 0.1) is 5.92 Å². The van der Waals surface area contributed by atoms with Crippen molar-refractivity contribution < 1.29 is 19.5 Å². The number of aromatic nitrogens is 3. The molecule has 11 nitrogen and oxygen atoms in total. The first-order chi connectivity index (χ1) is 18.6. The van der Waals surface area contributed by atoms with Crippen LogP contribution >= 0.6 is 0 Å². The number of nitrogens with zero attached hydrogens (tertiary/aromatic N) is 1. The van der Waals surface area contributed by atoms with Gasteiger partial charge in [0.25, 0.3) is 5.56 Å².